The normalized spacial score (nSPS) is 15.1. The Morgan fingerprint density at radius 2 is 1.19 bits per heavy atom. The van der Waals surface area contributed by atoms with Crippen LogP contribution in [-0.4, -0.2) is 65.1 Å². The van der Waals surface area contributed by atoms with Gasteiger partial charge in [-0.1, -0.05) is 117 Å². The summed E-state index contributed by atoms with van der Waals surface area (Å²) in [6, 6.07) is -0.904. The Kier molecular flexibility index (Phi) is 24.0. The Bertz CT molecular complexity index is 735. The van der Waals surface area contributed by atoms with Gasteiger partial charge in [0.15, 0.2) is 0 Å². The van der Waals surface area contributed by atoms with Crippen molar-refractivity contribution in [3.05, 3.63) is 0 Å². The van der Waals surface area contributed by atoms with E-state index < -0.39 is 11.6 Å². The quantitative estimate of drug-likeness (QED) is 0.0609. The van der Waals surface area contributed by atoms with Crippen LogP contribution in [0.1, 0.15) is 155 Å². The molecule has 0 unspecified atom stereocenters. The number of nitrogens with one attached hydrogen (secondary N) is 3. The second kappa shape index (κ2) is 26.0. The topological polar surface area (TPSA) is 134 Å². The number of rotatable bonds is 30. The highest BCUT2D eigenvalue weighted by molar-refractivity contribution is 7.99. The average molecular weight is 627 g/mol. The molecule has 2 atom stereocenters. The van der Waals surface area contributed by atoms with Crippen LogP contribution in [0.15, 0.2) is 0 Å². The molecule has 0 aromatic carbocycles. The molecule has 0 spiro atoms. The highest BCUT2D eigenvalue weighted by Crippen LogP contribution is 2.34. The monoisotopic (exact) mass is 626 g/mol. The minimum absolute atomic E-state index is 0.0161. The second-order valence-corrected chi connectivity index (χ2v) is 13.9. The van der Waals surface area contributed by atoms with Crippen LogP contribution in [-0.2, 0) is 14.4 Å². The summed E-state index contributed by atoms with van der Waals surface area (Å²) >= 11 is 1.51. The lowest BCUT2D eigenvalue weighted by Gasteiger charge is -2.21. The van der Waals surface area contributed by atoms with Crippen molar-refractivity contribution >= 4 is 29.5 Å². The van der Waals surface area contributed by atoms with E-state index in [1.54, 1.807) is 0 Å². The van der Waals surface area contributed by atoms with Crippen molar-refractivity contribution in [3.8, 4) is 0 Å². The maximum atomic E-state index is 12.7. The molecule has 1 aliphatic carbocycles. The number of unbranched alkanes of at least 4 members (excludes halogenated alkanes) is 16. The largest absolute Gasteiger partial charge is 0.394 e. The van der Waals surface area contributed by atoms with E-state index >= 15 is 0 Å². The first-order chi connectivity index (χ1) is 20.9. The average Bonchev–Trinajstić information content (AvgIpc) is 3.77. The zero-order valence-electron chi connectivity index (χ0n) is 27.7. The molecule has 1 rings (SSSR count). The molecular weight excluding hydrogens is 560 g/mol. The molecule has 0 heterocycles. The van der Waals surface area contributed by atoms with Crippen molar-refractivity contribution in [1.82, 2.24) is 16.0 Å². The van der Waals surface area contributed by atoms with Gasteiger partial charge in [-0.15, -0.1) is 0 Å². The van der Waals surface area contributed by atoms with Gasteiger partial charge < -0.3 is 26.8 Å². The molecule has 0 saturated heterocycles. The Morgan fingerprint density at radius 1 is 0.721 bits per heavy atom. The Labute approximate surface area is 267 Å². The van der Waals surface area contributed by atoms with E-state index in [2.05, 4.69) is 29.8 Å². The first-order valence-corrected chi connectivity index (χ1v) is 18.8. The van der Waals surface area contributed by atoms with Gasteiger partial charge in [-0.05, 0) is 25.7 Å². The number of carbonyl (C=O) groups excluding carboxylic acids is 3. The van der Waals surface area contributed by atoms with Crippen LogP contribution in [0.25, 0.3) is 0 Å². The minimum Gasteiger partial charge on any atom is -0.394 e. The molecule has 8 nitrogen and oxygen atoms in total. The number of carbonyl (C=O) groups is 3. The zero-order chi connectivity index (χ0) is 31.6. The predicted octanol–water partition coefficient (Wildman–Crippen LogP) is 6.13. The molecule has 0 bridgehead atoms. The fourth-order valence-electron chi connectivity index (χ4n) is 5.21. The summed E-state index contributed by atoms with van der Waals surface area (Å²) in [5, 5.41) is 18.5. The van der Waals surface area contributed by atoms with E-state index in [4.69, 9.17) is 5.73 Å². The van der Waals surface area contributed by atoms with Crippen LogP contribution in [0, 0.1) is 0 Å². The van der Waals surface area contributed by atoms with E-state index in [1.165, 1.54) is 102 Å². The molecule has 1 aliphatic rings. The van der Waals surface area contributed by atoms with Gasteiger partial charge in [0.2, 0.25) is 17.7 Å². The Morgan fingerprint density at radius 3 is 1.65 bits per heavy atom. The van der Waals surface area contributed by atoms with Crippen LogP contribution in [0.4, 0.5) is 0 Å². The molecule has 6 N–H and O–H groups in total. The zero-order valence-corrected chi connectivity index (χ0v) is 28.5. The van der Waals surface area contributed by atoms with E-state index in [0.29, 0.717) is 30.9 Å². The number of thioether (sulfide) groups is 1. The third-order valence-electron chi connectivity index (χ3n) is 8.42. The van der Waals surface area contributed by atoms with Gasteiger partial charge >= 0.3 is 0 Å². The van der Waals surface area contributed by atoms with E-state index in [0.717, 1.165) is 38.5 Å². The number of amides is 3. The molecule has 9 heteroatoms. The number of hydrogen-bond acceptors (Lipinski definition) is 6. The SMILES string of the molecule is CCCCCCCCCCCC(=O)NC[C@H](CSC[C@@H](N)C(=O)NC1(CO)CC1)NC(=O)CCCCCCCCCCC. The third kappa shape index (κ3) is 21.9. The summed E-state index contributed by atoms with van der Waals surface area (Å²) in [7, 11) is 0. The van der Waals surface area contributed by atoms with Crippen molar-refractivity contribution in [1.29, 1.82) is 0 Å². The summed E-state index contributed by atoms with van der Waals surface area (Å²) in [5.41, 5.74) is 5.62. The summed E-state index contributed by atoms with van der Waals surface area (Å²) in [6.07, 6.45) is 24.4. The lowest BCUT2D eigenvalue weighted by molar-refractivity contribution is -0.123. The fourth-order valence-corrected chi connectivity index (χ4v) is 6.24. The third-order valence-corrected chi connectivity index (χ3v) is 9.66. The fraction of sp³-hybridized carbons (Fsp3) is 0.912. The smallest absolute Gasteiger partial charge is 0.238 e. The lowest BCUT2D eigenvalue weighted by atomic mass is 10.1. The number of hydrogen-bond donors (Lipinski definition) is 5. The molecule has 43 heavy (non-hydrogen) atoms. The van der Waals surface area contributed by atoms with Gasteiger partial charge in [-0.3, -0.25) is 14.4 Å². The van der Waals surface area contributed by atoms with Gasteiger partial charge in [0.25, 0.3) is 0 Å². The molecule has 0 aromatic heterocycles. The highest BCUT2D eigenvalue weighted by Gasteiger charge is 2.44. The maximum absolute atomic E-state index is 12.7. The summed E-state index contributed by atoms with van der Waals surface area (Å²) in [6.45, 7) is 4.78. The first kappa shape index (κ1) is 39.7. The maximum Gasteiger partial charge on any atom is 0.238 e. The molecular formula is C34H66N4O4S. The standard InChI is InChI=1S/C34H66N4O4S/c1-3-5-7-9-11-13-15-17-19-21-31(40)36-25-29(26-43-27-30(35)33(42)38-34(28-39)23-24-34)37-32(41)22-20-18-16-14-12-10-8-6-4-2/h29-30,39H,3-28,35H2,1-2H3,(H,36,40)(H,37,41)(H,38,42)/t29-,30-/m1/s1. The van der Waals surface area contributed by atoms with Crippen LogP contribution in [0.5, 0.6) is 0 Å². The summed E-state index contributed by atoms with van der Waals surface area (Å²) in [5.74, 6) is 0.765. The number of nitrogens with two attached hydrogens (primary N) is 1. The number of aliphatic hydroxyl groups is 1. The van der Waals surface area contributed by atoms with Crippen LogP contribution in [0.2, 0.25) is 0 Å². The molecule has 252 valence electrons. The van der Waals surface area contributed by atoms with E-state index in [9.17, 15) is 19.5 Å². The van der Waals surface area contributed by atoms with E-state index in [-0.39, 0.29) is 30.4 Å². The summed E-state index contributed by atoms with van der Waals surface area (Å²) < 4.78 is 0. The van der Waals surface area contributed by atoms with Gasteiger partial charge in [0.1, 0.15) is 0 Å². The summed E-state index contributed by atoms with van der Waals surface area (Å²) in [4.78, 5) is 37.7. The molecule has 0 radical (unpaired) electrons. The first-order valence-electron chi connectivity index (χ1n) is 17.7. The molecule has 3 amide bonds. The van der Waals surface area contributed by atoms with Crippen LogP contribution >= 0.6 is 11.8 Å². The lowest BCUT2D eigenvalue weighted by Crippen LogP contribution is -2.49. The molecule has 1 saturated carbocycles. The van der Waals surface area contributed by atoms with Crippen molar-refractivity contribution in [2.45, 2.75) is 173 Å². The molecule has 0 aliphatic heterocycles. The van der Waals surface area contributed by atoms with Gasteiger partial charge in [0, 0.05) is 30.9 Å². The van der Waals surface area contributed by atoms with Crippen molar-refractivity contribution in [3.63, 3.8) is 0 Å². The van der Waals surface area contributed by atoms with Gasteiger partial charge in [-0.25, -0.2) is 0 Å². The van der Waals surface area contributed by atoms with Crippen LogP contribution < -0.4 is 21.7 Å². The molecule has 0 aromatic rings. The van der Waals surface area contributed by atoms with Crippen molar-refractivity contribution < 1.29 is 19.5 Å². The predicted molar refractivity (Wildman–Crippen MR) is 181 cm³/mol. The minimum atomic E-state index is -0.686. The van der Waals surface area contributed by atoms with Gasteiger partial charge in [-0.2, -0.15) is 11.8 Å². The van der Waals surface area contributed by atoms with Gasteiger partial charge in [0.05, 0.1) is 24.2 Å². The van der Waals surface area contributed by atoms with Crippen molar-refractivity contribution in [2.75, 3.05) is 24.7 Å². The van der Waals surface area contributed by atoms with E-state index in [1.807, 2.05) is 0 Å². The Hall–Kier alpha value is -1.32. The van der Waals surface area contributed by atoms with Crippen molar-refractivity contribution in [2.24, 2.45) is 5.73 Å². The number of aliphatic hydroxyl groups excluding tert-OH is 1. The molecule has 1 fully saturated rings. The van der Waals surface area contributed by atoms with Crippen LogP contribution in [0.3, 0.4) is 0 Å². The second-order valence-electron chi connectivity index (χ2n) is 12.8. The highest BCUT2D eigenvalue weighted by atomic mass is 32.2. The Balaban J connectivity index is 2.35.